The van der Waals surface area contributed by atoms with Crippen LogP contribution in [0.3, 0.4) is 0 Å². The van der Waals surface area contributed by atoms with Crippen molar-refractivity contribution in [2.75, 3.05) is 26.4 Å². The molecule has 0 bridgehead atoms. The maximum atomic E-state index is 13.8. The van der Waals surface area contributed by atoms with E-state index < -0.39 is 59.6 Å². The highest BCUT2D eigenvalue weighted by atomic mass is 32.2. The van der Waals surface area contributed by atoms with Crippen molar-refractivity contribution in [1.82, 2.24) is 0 Å². The topological polar surface area (TPSA) is 105 Å². The molecule has 0 radical (unpaired) electrons. The second kappa shape index (κ2) is 19.3. The molecule has 2 heterocycles. The van der Waals surface area contributed by atoms with Gasteiger partial charge in [-0.05, 0) is 124 Å². The van der Waals surface area contributed by atoms with Crippen molar-refractivity contribution in [2.24, 2.45) is 0 Å². The van der Waals surface area contributed by atoms with Gasteiger partial charge in [-0.3, -0.25) is 9.13 Å². The van der Waals surface area contributed by atoms with Crippen molar-refractivity contribution >= 4 is 52.0 Å². The zero-order valence-corrected chi connectivity index (χ0v) is 36.4. The van der Waals surface area contributed by atoms with Gasteiger partial charge in [0.25, 0.3) is 0 Å². The minimum absolute atomic E-state index is 0.0326. The van der Waals surface area contributed by atoms with Crippen LogP contribution in [0.1, 0.15) is 67.4 Å². The molecule has 0 saturated carbocycles. The molecule has 0 saturated heterocycles. The highest BCUT2D eigenvalue weighted by molar-refractivity contribution is 7.96. The number of hydrogen-bond acceptors (Lipinski definition) is 9. The monoisotopic (exact) mass is 880 g/mol. The maximum Gasteiger partial charge on any atom is 0.339 e. The second-order valence-corrected chi connectivity index (χ2v) is 20.7. The number of fused-ring (bicyclic) bond motifs is 2. The Morgan fingerprint density at radius 1 is 0.621 bits per heavy atom. The van der Waals surface area contributed by atoms with Crippen LogP contribution in [-0.4, -0.2) is 40.5 Å². The third kappa shape index (κ3) is 9.61. The Labute approximate surface area is 341 Å². The number of hydrogen-bond donors (Lipinski definition) is 0. The third-order valence-corrected chi connectivity index (χ3v) is 18.3. The lowest BCUT2D eigenvalue weighted by molar-refractivity contribution is 0.211. The average molecular weight is 881 g/mol. The molecule has 2 unspecified atom stereocenters. The molecule has 1 aromatic heterocycles. The zero-order chi connectivity index (χ0) is 42.4. The number of sulfone groups is 1. The molecule has 4 aromatic carbocycles. The van der Waals surface area contributed by atoms with Gasteiger partial charge in [0.2, 0.25) is 9.84 Å². The highest BCUT2D eigenvalue weighted by Crippen LogP contribution is 2.64. The van der Waals surface area contributed by atoms with E-state index in [1.807, 2.05) is 31.2 Å². The van der Waals surface area contributed by atoms with Gasteiger partial charge in [-0.25, -0.2) is 26.0 Å². The molecule has 58 heavy (non-hydrogen) atoms. The van der Waals surface area contributed by atoms with Crippen LogP contribution in [0.5, 0.6) is 0 Å². The standard InChI is InChI=1S/C21H23F2O5PS.C21H23F2O3PS/c1-4-27-29(24,28-5-2)19(13-15-10-11-17(22)18(23)12-15)21-14(3)16-8-6-7-9-20(16)30(21,25)26;1-4-25-27(24,26-5-2)19(13-15-10-11-17(22)18(23)12-15)21-14(3)16-8-6-7-9-20(16)28-21/h6-12,19H,4-5,13H2,1-3H3;6-12,19H,4-5,13H2,1-3H3. The van der Waals surface area contributed by atoms with Crippen molar-refractivity contribution in [3.63, 3.8) is 0 Å². The Morgan fingerprint density at radius 2 is 1.09 bits per heavy atom. The fourth-order valence-electron chi connectivity index (χ4n) is 7.03. The van der Waals surface area contributed by atoms with Gasteiger partial charge in [0.1, 0.15) is 5.66 Å². The molecule has 1 aliphatic rings. The lowest BCUT2D eigenvalue weighted by Crippen LogP contribution is -2.23. The van der Waals surface area contributed by atoms with E-state index in [1.165, 1.54) is 29.5 Å². The van der Waals surface area contributed by atoms with Gasteiger partial charge in [0.15, 0.2) is 23.3 Å². The van der Waals surface area contributed by atoms with Crippen molar-refractivity contribution < 1.29 is 53.2 Å². The van der Waals surface area contributed by atoms with Gasteiger partial charge in [0.05, 0.1) is 41.9 Å². The van der Waals surface area contributed by atoms with E-state index in [9.17, 15) is 35.1 Å². The van der Waals surface area contributed by atoms with Crippen LogP contribution in [0.2, 0.25) is 0 Å². The van der Waals surface area contributed by atoms with E-state index in [4.69, 9.17) is 18.1 Å². The third-order valence-electron chi connectivity index (χ3n) is 9.55. The number of benzene rings is 4. The molecule has 0 N–H and O–H groups in total. The van der Waals surface area contributed by atoms with Crippen molar-refractivity contribution in [2.45, 2.75) is 70.6 Å². The summed E-state index contributed by atoms with van der Waals surface area (Å²) in [5, 5.41) is 1.08. The van der Waals surface area contributed by atoms with Gasteiger partial charge in [-0.1, -0.05) is 48.5 Å². The van der Waals surface area contributed by atoms with Crippen LogP contribution in [0.25, 0.3) is 15.7 Å². The summed E-state index contributed by atoms with van der Waals surface area (Å²) in [6, 6.07) is 21.4. The van der Waals surface area contributed by atoms with Crippen molar-refractivity contribution in [3.05, 3.63) is 140 Å². The first-order valence-corrected chi connectivity index (χ1v) is 24.3. The van der Waals surface area contributed by atoms with E-state index in [0.29, 0.717) is 16.7 Å². The average Bonchev–Trinajstić information content (AvgIpc) is 3.61. The predicted molar refractivity (Wildman–Crippen MR) is 221 cm³/mol. The molecule has 0 amide bonds. The number of halogens is 4. The van der Waals surface area contributed by atoms with Gasteiger partial charge >= 0.3 is 15.2 Å². The summed E-state index contributed by atoms with van der Waals surface area (Å²) < 4.78 is 132. The SMILES string of the molecule is CCOP(=O)(OCC)C(Cc1ccc(F)c(F)c1)C1=C(C)c2ccccc2S1(=O)=O.CCOP(=O)(OCC)C(Cc1ccc(F)c(F)c1)c1sc2ccccc2c1C. The second-order valence-electron chi connectivity index (χ2n) is 13.3. The minimum atomic E-state index is -3.97. The van der Waals surface area contributed by atoms with E-state index in [0.717, 1.165) is 44.8 Å². The number of allylic oxidation sites excluding steroid dienone is 2. The van der Waals surface area contributed by atoms with Gasteiger partial charge in [0, 0.05) is 9.58 Å². The lowest BCUT2D eigenvalue weighted by Gasteiger charge is -2.27. The smallest absolute Gasteiger partial charge is 0.308 e. The Hall–Kier alpha value is -3.45. The van der Waals surface area contributed by atoms with Crippen LogP contribution >= 0.6 is 26.5 Å². The Bertz CT molecular complexity index is 2490. The van der Waals surface area contributed by atoms with Crippen LogP contribution in [0.15, 0.2) is 94.7 Å². The summed E-state index contributed by atoms with van der Waals surface area (Å²) in [4.78, 5) is 0.933. The first-order chi connectivity index (χ1) is 27.5. The molecule has 0 fully saturated rings. The molecule has 2 atom stereocenters. The quantitative estimate of drug-likeness (QED) is 0.0713. The molecule has 0 spiro atoms. The van der Waals surface area contributed by atoms with E-state index in [-0.39, 0.29) is 54.6 Å². The molecule has 312 valence electrons. The van der Waals surface area contributed by atoms with Gasteiger partial charge < -0.3 is 18.1 Å². The molecule has 6 rings (SSSR count). The van der Waals surface area contributed by atoms with E-state index in [1.54, 1.807) is 52.8 Å². The predicted octanol–water partition coefficient (Wildman–Crippen LogP) is 12.4. The zero-order valence-electron chi connectivity index (χ0n) is 33.0. The highest BCUT2D eigenvalue weighted by Gasteiger charge is 2.48. The maximum absolute atomic E-state index is 13.8. The van der Waals surface area contributed by atoms with Crippen LogP contribution in [0, 0.1) is 30.2 Å². The molecule has 8 nitrogen and oxygen atoms in total. The Balaban J connectivity index is 0.000000221. The Morgan fingerprint density at radius 3 is 1.57 bits per heavy atom. The molecule has 0 aliphatic carbocycles. The van der Waals surface area contributed by atoms with Crippen molar-refractivity contribution in [3.8, 4) is 0 Å². The lowest BCUT2D eigenvalue weighted by atomic mass is 10.0. The summed E-state index contributed by atoms with van der Waals surface area (Å²) >= 11 is 1.54. The minimum Gasteiger partial charge on any atom is -0.308 e. The normalized spacial score (nSPS) is 14.9. The largest absolute Gasteiger partial charge is 0.339 e. The number of aryl methyl sites for hydroxylation is 1. The number of thiophene rings is 1. The van der Waals surface area contributed by atoms with Crippen molar-refractivity contribution in [1.29, 1.82) is 0 Å². The number of rotatable bonds is 16. The van der Waals surface area contributed by atoms with E-state index in [2.05, 4.69) is 0 Å². The fraction of sp³-hybridized carbons (Fsp3) is 0.333. The fourth-order valence-corrected chi connectivity index (χ4v) is 15.7. The molecular weight excluding hydrogens is 835 g/mol. The Kier molecular flexibility index (Phi) is 15.2. The summed E-state index contributed by atoms with van der Waals surface area (Å²) in [6.45, 7) is 10.9. The van der Waals surface area contributed by atoms with Crippen LogP contribution in [-0.2, 0) is 49.9 Å². The summed E-state index contributed by atoms with van der Waals surface area (Å²) in [5.74, 6) is -3.93. The van der Waals surface area contributed by atoms with E-state index >= 15 is 0 Å². The summed E-state index contributed by atoms with van der Waals surface area (Å²) in [7, 11) is -11.5. The first kappa shape index (κ1) is 45.6. The van der Waals surface area contributed by atoms with Gasteiger partial charge in [-0.15, -0.1) is 11.3 Å². The molecular formula is C42H46F4O8P2S2. The molecule has 5 aromatic rings. The summed E-state index contributed by atoms with van der Waals surface area (Å²) in [5.41, 5.74) is 0.979. The van der Waals surface area contributed by atoms with Gasteiger partial charge in [-0.2, -0.15) is 0 Å². The molecule has 16 heteroatoms. The first-order valence-electron chi connectivity index (χ1n) is 18.7. The van der Waals surface area contributed by atoms with Crippen LogP contribution < -0.4 is 0 Å². The molecule has 1 aliphatic heterocycles. The van der Waals surface area contributed by atoms with Crippen LogP contribution in [0.4, 0.5) is 17.6 Å². The summed E-state index contributed by atoms with van der Waals surface area (Å²) in [6.07, 6.45) is 0.0660.